The van der Waals surface area contributed by atoms with Gasteiger partial charge in [-0.2, -0.15) is 0 Å². The first-order valence-electron chi connectivity index (χ1n) is 6.99. The quantitative estimate of drug-likeness (QED) is 0.870. The fourth-order valence-electron chi connectivity index (χ4n) is 2.67. The van der Waals surface area contributed by atoms with E-state index in [0.29, 0.717) is 0 Å². The van der Waals surface area contributed by atoms with Crippen LogP contribution < -0.4 is 5.32 Å². The lowest BCUT2D eigenvalue weighted by Crippen LogP contribution is -2.43. The highest BCUT2D eigenvalue weighted by Crippen LogP contribution is 2.17. The summed E-state index contributed by atoms with van der Waals surface area (Å²) in [7, 11) is 0. The molecule has 2 rings (SSSR count). The molecule has 0 aromatic heterocycles. The van der Waals surface area contributed by atoms with E-state index in [1.165, 1.54) is 44.5 Å². The van der Waals surface area contributed by atoms with Gasteiger partial charge in [-0.3, -0.25) is 4.90 Å². The van der Waals surface area contributed by atoms with Crippen molar-refractivity contribution in [3.05, 3.63) is 34.3 Å². The number of rotatable bonds is 5. The summed E-state index contributed by atoms with van der Waals surface area (Å²) in [4.78, 5) is 2.66. The number of hydrogen-bond donors (Lipinski definition) is 1. The van der Waals surface area contributed by atoms with Gasteiger partial charge >= 0.3 is 0 Å². The molecule has 0 aliphatic carbocycles. The molecule has 1 saturated heterocycles. The third-order valence-corrected chi connectivity index (χ3v) is 4.16. The largest absolute Gasteiger partial charge is 0.317 e. The predicted molar refractivity (Wildman–Crippen MR) is 88.0 cm³/mol. The van der Waals surface area contributed by atoms with Gasteiger partial charge in [0.15, 0.2) is 0 Å². The van der Waals surface area contributed by atoms with E-state index >= 15 is 0 Å². The first kappa shape index (κ1) is 17.0. The monoisotopic (exact) mass is 346 g/mol. The van der Waals surface area contributed by atoms with Crippen LogP contribution >= 0.6 is 28.3 Å². The van der Waals surface area contributed by atoms with Crippen molar-refractivity contribution in [2.24, 2.45) is 0 Å². The second-order valence-electron chi connectivity index (χ2n) is 5.08. The highest BCUT2D eigenvalue weighted by atomic mass is 79.9. The number of benzene rings is 1. The minimum absolute atomic E-state index is 0. The topological polar surface area (TPSA) is 15.3 Å². The Morgan fingerprint density at radius 1 is 1.21 bits per heavy atom. The van der Waals surface area contributed by atoms with Gasteiger partial charge < -0.3 is 5.32 Å². The number of nitrogens with one attached hydrogen (secondary N) is 1. The lowest BCUT2D eigenvalue weighted by atomic mass is 10.0. The van der Waals surface area contributed by atoms with Crippen molar-refractivity contribution in [2.45, 2.75) is 38.8 Å². The summed E-state index contributed by atoms with van der Waals surface area (Å²) < 4.78 is 1.16. The normalized spacial score (nSPS) is 16.4. The van der Waals surface area contributed by atoms with E-state index in [1.54, 1.807) is 0 Å². The van der Waals surface area contributed by atoms with Crippen LogP contribution in [-0.2, 0) is 6.54 Å². The second kappa shape index (κ2) is 8.96. The Hall–Kier alpha value is -0.0900. The molecule has 1 fully saturated rings. The molecular weight excluding hydrogens is 324 g/mol. The van der Waals surface area contributed by atoms with Gasteiger partial charge in [-0.1, -0.05) is 35.0 Å². The molecule has 1 N–H and O–H groups in total. The van der Waals surface area contributed by atoms with Crippen molar-refractivity contribution in [2.75, 3.05) is 19.6 Å². The molecule has 4 heteroatoms. The average molecular weight is 348 g/mol. The number of hydrogen-bond acceptors (Lipinski definition) is 2. The Labute approximate surface area is 131 Å². The van der Waals surface area contributed by atoms with Gasteiger partial charge in [0.25, 0.3) is 0 Å². The molecule has 0 atom stereocenters. The maximum Gasteiger partial charge on any atom is 0.0236 e. The summed E-state index contributed by atoms with van der Waals surface area (Å²) in [6.45, 7) is 6.92. The lowest BCUT2D eigenvalue weighted by molar-refractivity contribution is 0.154. The fourth-order valence-corrected chi connectivity index (χ4v) is 2.94. The molecule has 0 bridgehead atoms. The molecule has 0 amide bonds. The van der Waals surface area contributed by atoms with Gasteiger partial charge in [0.05, 0.1) is 0 Å². The number of piperidine rings is 1. The number of nitrogens with zero attached hydrogens (tertiary/aromatic N) is 1. The summed E-state index contributed by atoms with van der Waals surface area (Å²) in [6, 6.07) is 9.50. The smallest absolute Gasteiger partial charge is 0.0236 e. The van der Waals surface area contributed by atoms with Crippen LogP contribution in [0.3, 0.4) is 0 Å². The van der Waals surface area contributed by atoms with Gasteiger partial charge in [0.2, 0.25) is 0 Å². The third-order valence-electron chi connectivity index (χ3n) is 3.63. The summed E-state index contributed by atoms with van der Waals surface area (Å²) in [5.41, 5.74) is 1.42. The summed E-state index contributed by atoms with van der Waals surface area (Å²) in [5.74, 6) is 0. The molecule has 1 aliphatic heterocycles. The molecule has 19 heavy (non-hydrogen) atoms. The van der Waals surface area contributed by atoms with Crippen LogP contribution in [-0.4, -0.2) is 30.6 Å². The summed E-state index contributed by atoms with van der Waals surface area (Å²) >= 11 is 3.50. The van der Waals surface area contributed by atoms with E-state index in [-0.39, 0.29) is 12.4 Å². The standard InChI is InChI=1S/C15H23BrN2.ClH/c1-2-11-18(15-7-9-17-10-8-15)12-13-3-5-14(16)6-4-13;/h3-6,15,17H,2,7-12H2,1H3;1H. The molecule has 1 aromatic carbocycles. The zero-order valence-corrected chi connectivity index (χ0v) is 14.0. The second-order valence-corrected chi connectivity index (χ2v) is 5.99. The van der Waals surface area contributed by atoms with Crippen molar-refractivity contribution in [3.63, 3.8) is 0 Å². The predicted octanol–water partition coefficient (Wildman–Crippen LogP) is 3.83. The van der Waals surface area contributed by atoms with Crippen molar-refractivity contribution < 1.29 is 0 Å². The first-order chi connectivity index (χ1) is 8.79. The van der Waals surface area contributed by atoms with Gasteiger partial charge in [-0.25, -0.2) is 0 Å². The minimum Gasteiger partial charge on any atom is -0.317 e. The van der Waals surface area contributed by atoms with E-state index in [1.807, 2.05) is 0 Å². The Bertz CT molecular complexity index is 350. The Kier molecular flexibility index (Phi) is 8.00. The van der Waals surface area contributed by atoms with Crippen LogP contribution in [0.1, 0.15) is 31.7 Å². The zero-order chi connectivity index (χ0) is 12.8. The molecule has 1 aromatic rings. The van der Waals surface area contributed by atoms with Crippen molar-refractivity contribution in [3.8, 4) is 0 Å². The van der Waals surface area contributed by atoms with Crippen LogP contribution in [0, 0.1) is 0 Å². The third kappa shape index (κ3) is 5.42. The molecule has 0 unspecified atom stereocenters. The maximum atomic E-state index is 3.50. The molecule has 0 radical (unpaired) electrons. The van der Waals surface area contributed by atoms with Crippen LogP contribution in [0.15, 0.2) is 28.7 Å². The molecule has 1 aliphatic rings. The molecule has 0 saturated carbocycles. The molecule has 2 nitrogen and oxygen atoms in total. The minimum atomic E-state index is 0. The number of halogens is 2. The zero-order valence-electron chi connectivity index (χ0n) is 11.6. The Morgan fingerprint density at radius 2 is 1.84 bits per heavy atom. The van der Waals surface area contributed by atoms with Gasteiger partial charge in [-0.15, -0.1) is 12.4 Å². The fraction of sp³-hybridized carbons (Fsp3) is 0.600. The Balaban J connectivity index is 0.00000180. The summed E-state index contributed by atoms with van der Waals surface area (Å²) in [6.07, 6.45) is 3.81. The molecule has 108 valence electrons. The van der Waals surface area contributed by atoms with Crippen LogP contribution in [0.25, 0.3) is 0 Å². The maximum absolute atomic E-state index is 3.50. The van der Waals surface area contributed by atoms with E-state index in [9.17, 15) is 0 Å². The molecule has 1 heterocycles. The van der Waals surface area contributed by atoms with Crippen LogP contribution in [0.4, 0.5) is 0 Å². The van der Waals surface area contributed by atoms with Crippen molar-refractivity contribution in [1.82, 2.24) is 10.2 Å². The van der Waals surface area contributed by atoms with Crippen molar-refractivity contribution in [1.29, 1.82) is 0 Å². The SMILES string of the molecule is CCCN(Cc1ccc(Br)cc1)C1CCNCC1.Cl. The lowest BCUT2D eigenvalue weighted by Gasteiger charge is -2.34. The molecule has 0 spiro atoms. The first-order valence-corrected chi connectivity index (χ1v) is 7.78. The van der Waals surface area contributed by atoms with Crippen molar-refractivity contribution >= 4 is 28.3 Å². The average Bonchev–Trinajstić information content (AvgIpc) is 2.42. The van der Waals surface area contributed by atoms with E-state index < -0.39 is 0 Å². The van der Waals surface area contributed by atoms with Gasteiger partial charge in [0, 0.05) is 17.1 Å². The Morgan fingerprint density at radius 3 is 2.42 bits per heavy atom. The van der Waals surface area contributed by atoms with E-state index in [4.69, 9.17) is 0 Å². The van der Waals surface area contributed by atoms with Gasteiger partial charge in [-0.05, 0) is 56.6 Å². The van der Waals surface area contributed by atoms with Gasteiger partial charge in [0.1, 0.15) is 0 Å². The van der Waals surface area contributed by atoms with E-state index in [2.05, 4.69) is 57.3 Å². The highest BCUT2D eigenvalue weighted by molar-refractivity contribution is 9.10. The van der Waals surface area contributed by atoms with E-state index in [0.717, 1.165) is 17.1 Å². The van der Waals surface area contributed by atoms with Crippen LogP contribution in [0.5, 0.6) is 0 Å². The van der Waals surface area contributed by atoms with Crippen LogP contribution in [0.2, 0.25) is 0 Å². The summed E-state index contributed by atoms with van der Waals surface area (Å²) in [5, 5.41) is 3.45. The highest BCUT2D eigenvalue weighted by Gasteiger charge is 2.20. The molecular formula is C15H24BrClN2.